The van der Waals surface area contributed by atoms with Crippen molar-refractivity contribution in [2.24, 2.45) is 5.10 Å². The maximum absolute atomic E-state index is 11.8. The van der Waals surface area contributed by atoms with Crippen LogP contribution in [0.3, 0.4) is 0 Å². The Morgan fingerprint density at radius 1 is 1.47 bits per heavy atom. The van der Waals surface area contributed by atoms with Crippen molar-refractivity contribution in [3.8, 4) is 0 Å². The normalized spacial score (nSPS) is 15.8. The molecule has 1 aromatic rings. The highest BCUT2D eigenvalue weighted by molar-refractivity contribution is 9.10. The van der Waals surface area contributed by atoms with E-state index in [9.17, 15) is 13.2 Å². The topological polar surface area (TPSA) is 87.0 Å². The molecule has 1 N–H and O–H groups in total. The summed E-state index contributed by atoms with van der Waals surface area (Å²) < 4.78 is 31.3. The molecule has 0 aliphatic carbocycles. The van der Waals surface area contributed by atoms with Gasteiger partial charge in [-0.2, -0.15) is 13.5 Å². The molecule has 2 rings (SSSR count). The first-order chi connectivity index (χ1) is 8.82. The Labute approximate surface area is 119 Å². The summed E-state index contributed by atoms with van der Waals surface area (Å²) in [4.78, 5) is 11.5. The van der Waals surface area contributed by atoms with Gasteiger partial charge in [0.1, 0.15) is 4.90 Å². The first kappa shape index (κ1) is 14.2. The van der Waals surface area contributed by atoms with Crippen molar-refractivity contribution in [3.63, 3.8) is 0 Å². The first-order valence-electron chi connectivity index (χ1n) is 5.49. The molecule has 1 aromatic carbocycles. The van der Waals surface area contributed by atoms with E-state index in [0.717, 1.165) is 5.71 Å². The Bertz CT molecular complexity index is 669. The fourth-order valence-corrected chi connectivity index (χ4v) is 3.24. The van der Waals surface area contributed by atoms with Gasteiger partial charge >= 0.3 is 0 Å². The summed E-state index contributed by atoms with van der Waals surface area (Å²) in [5.74, 6) is -0.164. The average Bonchev–Trinajstić information content (AvgIpc) is 2.68. The van der Waals surface area contributed by atoms with Crippen molar-refractivity contribution in [2.75, 3.05) is 5.01 Å². The van der Waals surface area contributed by atoms with Crippen LogP contribution in [-0.4, -0.2) is 24.6 Å². The first-order valence-corrected chi connectivity index (χ1v) is 7.72. The molecule has 102 valence electrons. The lowest BCUT2D eigenvalue weighted by Gasteiger charge is -2.12. The van der Waals surface area contributed by atoms with Gasteiger partial charge in [0.25, 0.3) is 16.0 Å². The van der Waals surface area contributed by atoms with Crippen LogP contribution in [0.15, 0.2) is 32.7 Å². The van der Waals surface area contributed by atoms with E-state index in [0.29, 0.717) is 12.1 Å². The molecule has 0 saturated heterocycles. The number of rotatable bonds is 3. The van der Waals surface area contributed by atoms with Crippen LogP contribution < -0.4 is 5.01 Å². The van der Waals surface area contributed by atoms with Crippen LogP contribution in [0, 0.1) is 0 Å². The number of benzene rings is 1. The lowest BCUT2D eigenvalue weighted by atomic mass is 10.2. The van der Waals surface area contributed by atoms with Gasteiger partial charge in [0, 0.05) is 10.2 Å². The maximum atomic E-state index is 11.8. The second kappa shape index (κ2) is 5.03. The molecule has 6 nitrogen and oxygen atoms in total. The van der Waals surface area contributed by atoms with Crippen molar-refractivity contribution in [3.05, 3.63) is 22.7 Å². The molecule has 0 atom stereocenters. The Hall–Kier alpha value is -1.25. The molecule has 0 bridgehead atoms. The lowest BCUT2D eigenvalue weighted by Crippen LogP contribution is -2.19. The van der Waals surface area contributed by atoms with E-state index in [1.807, 2.05) is 6.92 Å². The Balaban J connectivity index is 2.41. The van der Waals surface area contributed by atoms with E-state index in [1.54, 1.807) is 0 Å². The number of nitrogens with zero attached hydrogens (tertiary/aromatic N) is 2. The van der Waals surface area contributed by atoms with E-state index in [4.69, 9.17) is 4.55 Å². The van der Waals surface area contributed by atoms with E-state index in [2.05, 4.69) is 21.0 Å². The van der Waals surface area contributed by atoms with Gasteiger partial charge in [-0.1, -0.05) is 6.92 Å². The number of carbonyl (C=O) groups excluding carboxylic acids is 1. The minimum Gasteiger partial charge on any atom is -0.282 e. The SMILES string of the molecule is CCC1=NN(c2ccc(S(=O)(=O)O)c(Br)c2)C(=O)C1. The number of amides is 1. The van der Waals surface area contributed by atoms with E-state index >= 15 is 0 Å². The molecule has 1 aliphatic rings. The van der Waals surface area contributed by atoms with Crippen molar-refractivity contribution < 1.29 is 17.8 Å². The molecule has 0 fully saturated rings. The van der Waals surface area contributed by atoms with Crippen LogP contribution >= 0.6 is 15.9 Å². The lowest BCUT2D eigenvalue weighted by molar-refractivity contribution is -0.116. The molecule has 8 heteroatoms. The Morgan fingerprint density at radius 3 is 2.63 bits per heavy atom. The van der Waals surface area contributed by atoms with E-state index in [-0.39, 0.29) is 21.7 Å². The van der Waals surface area contributed by atoms with Crippen molar-refractivity contribution in [2.45, 2.75) is 24.7 Å². The molecule has 1 amide bonds. The molecular weight excluding hydrogens is 336 g/mol. The van der Waals surface area contributed by atoms with E-state index < -0.39 is 10.1 Å². The van der Waals surface area contributed by atoms with Gasteiger partial charge in [-0.3, -0.25) is 9.35 Å². The van der Waals surface area contributed by atoms with Crippen molar-refractivity contribution >= 4 is 43.4 Å². The number of halogens is 1. The minimum atomic E-state index is -4.29. The zero-order valence-corrected chi connectivity index (χ0v) is 12.4. The molecule has 1 heterocycles. The predicted octanol–water partition coefficient (Wildman–Crippen LogP) is 2.20. The van der Waals surface area contributed by atoms with Gasteiger partial charge in [-0.05, 0) is 40.5 Å². The largest absolute Gasteiger partial charge is 0.295 e. The number of hydrogen-bond acceptors (Lipinski definition) is 4. The molecule has 19 heavy (non-hydrogen) atoms. The van der Waals surface area contributed by atoms with E-state index in [1.165, 1.54) is 23.2 Å². The third-order valence-electron chi connectivity index (χ3n) is 2.68. The fourth-order valence-electron chi connectivity index (χ4n) is 1.71. The highest BCUT2D eigenvalue weighted by atomic mass is 79.9. The summed E-state index contributed by atoms with van der Waals surface area (Å²) in [7, 11) is -4.29. The molecule has 0 saturated carbocycles. The van der Waals surface area contributed by atoms with Crippen LogP contribution in [-0.2, 0) is 14.9 Å². The van der Waals surface area contributed by atoms with Gasteiger partial charge < -0.3 is 0 Å². The number of anilines is 1. The molecular formula is C11H11BrN2O4S. The third-order valence-corrected chi connectivity index (χ3v) is 4.51. The van der Waals surface area contributed by atoms with Gasteiger partial charge in [0.15, 0.2) is 0 Å². The summed E-state index contributed by atoms with van der Waals surface area (Å²) in [6.45, 7) is 1.91. The van der Waals surface area contributed by atoms with Gasteiger partial charge in [0.05, 0.1) is 12.1 Å². The van der Waals surface area contributed by atoms with Crippen molar-refractivity contribution in [1.29, 1.82) is 0 Å². The number of carbonyl (C=O) groups is 1. The second-order valence-electron chi connectivity index (χ2n) is 3.99. The molecule has 0 radical (unpaired) electrons. The highest BCUT2D eigenvalue weighted by Crippen LogP contribution is 2.29. The molecule has 0 spiro atoms. The zero-order valence-electron chi connectivity index (χ0n) is 10.00. The van der Waals surface area contributed by atoms with Gasteiger partial charge in [0.2, 0.25) is 0 Å². The van der Waals surface area contributed by atoms with Crippen LogP contribution in [0.25, 0.3) is 0 Å². The molecule has 0 aromatic heterocycles. The average molecular weight is 347 g/mol. The summed E-state index contributed by atoms with van der Waals surface area (Å²) in [6, 6.07) is 4.08. The number of hydrazone groups is 1. The van der Waals surface area contributed by atoms with Crippen LogP contribution in [0.2, 0.25) is 0 Å². The minimum absolute atomic E-state index is 0.164. The summed E-state index contributed by atoms with van der Waals surface area (Å²) in [6.07, 6.45) is 0.959. The third kappa shape index (κ3) is 2.85. The monoisotopic (exact) mass is 346 g/mol. The van der Waals surface area contributed by atoms with Gasteiger partial charge in [-0.15, -0.1) is 0 Å². The van der Waals surface area contributed by atoms with Crippen LogP contribution in [0.4, 0.5) is 5.69 Å². The Morgan fingerprint density at radius 2 is 2.16 bits per heavy atom. The highest BCUT2D eigenvalue weighted by Gasteiger charge is 2.25. The predicted molar refractivity (Wildman–Crippen MR) is 73.8 cm³/mol. The molecule has 1 aliphatic heterocycles. The Kier molecular flexibility index (Phi) is 3.75. The number of hydrogen-bond donors (Lipinski definition) is 1. The standard InChI is InChI=1S/C11H11BrN2O4S/c1-2-7-5-11(15)14(13-7)8-3-4-10(9(12)6-8)19(16,17)18/h3-4,6H,2,5H2,1H3,(H,16,17,18). The zero-order chi connectivity index (χ0) is 14.2. The fraction of sp³-hybridized carbons (Fsp3) is 0.273. The summed E-state index contributed by atoms with van der Waals surface area (Å²) >= 11 is 3.06. The smallest absolute Gasteiger partial charge is 0.282 e. The van der Waals surface area contributed by atoms with Crippen LogP contribution in [0.5, 0.6) is 0 Å². The molecule has 0 unspecified atom stereocenters. The van der Waals surface area contributed by atoms with Crippen molar-refractivity contribution in [1.82, 2.24) is 0 Å². The quantitative estimate of drug-likeness (QED) is 0.849. The van der Waals surface area contributed by atoms with Crippen LogP contribution in [0.1, 0.15) is 19.8 Å². The second-order valence-corrected chi connectivity index (χ2v) is 6.24. The van der Waals surface area contributed by atoms with Gasteiger partial charge in [-0.25, -0.2) is 5.01 Å². The maximum Gasteiger partial charge on any atom is 0.295 e. The summed E-state index contributed by atoms with van der Waals surface area (Å²) in [5.41, 5.74) is 1.23. The summed E-state index contributed by atoms with van der Waals surface area (Å²) in [5, 5.41) is 5.39.